The van der Waals surface area contributed by atoms with Crippen LogP contribution in [0.15, 0.2) is 53.4 Å². The fourth-order valence-corrected chi connectivity index (χ4v) is 4.41. The molecule has 3 rings (SSSR count). The largest absolute Gasteiger partial charge is 0.461 e. The van der Waals surface area contributed by atoms with Crippen LogP contribution >= 0.6 is 0 Å². The van der Waals surface area contributed by atoms with E-state index in [0.29, 0.717) is 18.4 Å². The molecule has 5 nitrogen and oxygen atoms in total. The molecule has 8 heteroatoms. The van der Waals surface area contributed by atoms with Crippen molar-refractivity contribution >= 4 is 16.0 Å². The van der Waals surface area contributed by atoms with Crippen molar-refractivity contribution < 1.29 is 26.7 Å². The lowest BCUT2D eigenvalue weighted by Gasteiger charge is -2.30. The Balaban J connectivity index is 1.54. The van der Waals surface area contributed by atoms with Gasteiger partial charge in [-0.05, 0) is 54.8 Å². The molecule has 0 radical (unpaired) electrons. The quantitative estimate of drug-likeness (QED) is 0.730. The highest BCUT2D eigenvalue weighted by atomic mass is 32.2. The van der Waals surface area contributed by atoms with Crippen molar-refractivity contribution in [2.24, 2.45) is 5.92 Å². The van der Waals surface area contributed by atoms with Gasteiger partial charge in [-0.25, -0.2) is 17.2 Å². The molecule has 2 aromatic carbocycles. The molecule has 144 valence electrons. The number of carbonyl (C=O) groups is 1. The zero-order valence-corrected chi connectivity index (χ0v) is 15.3. The van der Waals surface area contributed by atoms with E-state index < -0.39 is 21.8 Å². The first-order valence-electron chi connectivity index (χ1n) is 8.53. The van der Waals surface area contributed by atoms with E-state index in [1.807, 2.05) is 0 Å². The minimum absolute atomic E-state index is 0.0289. The maximum Gasteiger partial charge on any atom is 0.309 e. The molecule has 1 aliphatic heterocycles. The summed E-state index contributed by atoms with van der Waals surface area (Å²) in [6.45, 7) is 0.430. The number of halogens is 2. The number of esters is 1. The number of rotatable bonds is 5. The molecule has 0 aliphatic carbocycles. The lowest BCUT2D eigenvalue weighted by molar-refractivity contribution is -0.151. The van der Waals surface area contributed by atoms with Crippen LogP contribution in [0.1, 0.15) is 18.4 Å². The predicted octanol–water partition coefficient (Wildman–Crippen LogP) is 3.11. The zero-order valence-electron chi connectivity index (χ0n) is 14.5. The molecule has 1 aliphatic rings. The standard InChI is InChI=1S/C19H19F2NO4S/c20-16-3-1-14(2-4-16)13-26-19(23)15-9-11-22(12-10-15)27(24,25)18-7-5-17(21)6-8-18/h1-8,15H,9-13H2. The maximum atomic E-state index is 13.0. The number of hydrogen-bond donors (Lipinski definition) is 0. The topological polar surface area (TPSA) is 63.7 Å². The van der Waals surface area contributed by atoms with E-state index in [4.69, 9.17) is 4.74 Å². The number of hydrogen-bond acceptors (Lipinski definition) is 4. The van der Waals surface area contributed by atoms with E-state index in [2.05, 4.69) is 0 Å². The monoisotopic (exact) mass is 395 g/mol. The minimum atomic E-state index is -3.71. The Morgan fingerprint density at radius 2 is 1.48 bits per heavy atom. The molecule has 0 amide bonds. The fourth-order valence-electron chi connectivity index (χ4n) is 2.94. The molecule has 27 heavy (non-hydrogen) atoms. The summed E-state index contributed by atoms with van der Waals surface area (Å²) in [5.74, 6) is -1.64. The highest BCUT2D eigenvalue weighted by Gasteiger charge is 2.32. The van der Waals surface area contributed by atoms with E-state index in [0.717, 1.165) is 12.1 Å². The molecule has 2 aromatic rings. The molecular formula is C19H19F2NO4S. The summed E-state index contributed by atoms with van der Waals surface area (Å²) in [6.07, 6.45) is 0.700. The van der Waals surface area contributed by atoms with Gasteiger partial charge in [-0.1, -0.05) is 12.1 Å². The summed E-state index contributed by atoms with van der Waals surface area (Å²) in [6, 6.07) is 10.3. The van der Waals surface area contributed by atoms with Crippen molar-refractivity contribution in [2.45, 2.75) is 24.3 Å². The van der Waals surface area contributed by atoms with E-state index in [1.165, 1.54) is 28.6 Å². The van der Waals surface area contributed by atoms with Crippen LogP contribution in [0.4, 0.5) is 8.78 Å². The predicted molar refractivity (Wildman–Crippen MR) is 94.1 cm³/mol. The fraction of sp³-hybridized carbons (Fsp3) is 0.316. The van der Waals surface area contributed by atoms with Crippen molar-refractivity contribution in [1.29, 1.82) is 0 Å². The summed E-state index contributed by atoms with van der Waals surface area (Å²) in [5.41, 5.74) is 0.682. The van der Waals surface area contributed by atoms with Crippen LogP contribution in [0.25, 0.3) is 0 Å². The van der Waals surface area contributed by atoms with Gasteiger partial charge in [0, 0.05) is 13.1 Å². The number of sulfonamides is 1. The third-order valence-corrected chi connectivity index (χ3v) is 6.45. The molecule has 0 saturated carbocycles. The Morgan fingerprint density at radius 3 is 2.04 bits per heavy atom. The van der Waals surface area contributed by atoms with Gasteiger partial charge >= 0.3 is 5.97 Å². The lowest BCUT2D eigenvalue weighted by atomic mass is 9.98. The lowest BCUT2D eigenvalue weighted by Crippen LogP contribution is -2.40. The molecule has 0 unspecified atom stereocenters. The van der Waals surface area contributed by atoms with Crippen LogP contribution in [0.3, 0.4) is 0 Å². The van der Waals surface area contributed by atoms with E-state index in [9.17, 15) is 22.0 Å². The Morgan fingerprint density at radius 1 is 0.963 bits per heavy atom. The molecule has 1 fully saturated rings. The zero-order chi connectivity index (χ0) is 19.4. The van der Waals surface area contributed by atoms with E-state index in [1.54, 1.807) is 12.1 Å². The van der Waals surface area contributed by atoms with Crippen molar-refractivity contribution in [3.63, 3.8) is 0 Å². The normalized spacial score (nSPS) is 16.2. The molecule has 0 N–H and O–H groups in total. The Bertz CT molecular complexity index is 890. The first-order valence-corrected chi connectivity index (χ1v) is 9.97. The second-order valence-electron chi connectivity index (χ2n) is 6.37. The summed E-state index contributed by atoms with van der Waals surface area (Å²) in [5, 5.41) is 0. The average Bonchev–Trinajstić information content (AvgIpc) is 2.68. The number of ether oxygens (including phenoxy) is 1. The molecule has 0 bridgehead atoms. The van der Waals surface area contributed by atoms with Crippen molar-refractivity contribution in [1.82, 2.24) is 4.31 Å². The molecule has 0 spiro atoms. The van der Waals surface area contributed by atoms with Crippen LogP contribution < -0.4 is 0 Å². The van der Waals surface area contributed by atoms with Gasteiger partial charge in [0.1, 0.15) is 18.2 Å². The molecule has 0 aromatic heterocycles. The smallest absolute Gasteiger partial charge is 0.309 e. The van der Waals surface area contributed by atoms with Crippen LogP contribution in [0.5, 0.6) is 0 Å². The second kappa shape index (κ2) is 8.14. The Hall–Kier alpha value is -2.32. The third kappa shape index (κ3) is 4.70. The number of piperidine rings is 1. The SMILES string of the molecule is O=C(OCc1ccc(F)cc1)C1CCN(S(=O)(=O)c2ccc(F)cc2)CC1. The summed E-state index contributed by atoms with van der Waals surface area (Å²) in [7, 11) is -3.71. The van der Waals surface area contributed by atoms with Gasteiger partial charge in [0.05, 0.1) is 10.8 Å². The van der Waals surface area contributed by atoms with Gasteiger partial charge in [-0.2, -0.15) is 4.31 Å². The first-order chi connectivity index (χ1) is 12.9. The number of benzene rings is 2. The Kier molecular flexibility index (Phi) is 5.86. The highest BCUT2D eigenvalue weighted by molar-refractivity contribution is 7.89. The third-order valence-electron chi connectivity index (χ3n) is 4.53. The summed E-state index contributed by atoms with van der Waals surface area (Å²) in [4.78, 5) is 12.2. The van der Waals surface area contributed by atoms with Crippen LogP contribution in [0, 0.1) is 17.6 Å². The van der Waals surface area contributed by atoms with Gasteiger partial charge in [0.25, 0.3) is 0 Å². The average molecular weight is 395 g/mol. The maximum absolute atomic E-state index is 13.0. The van der Waals surface area contributed by atoms with Crippen LogP contribution in [-0.4, -0.2) is 31.8 Å². The summed E-state index contributed by atoms with van der Waals surface area (Å²) < 4.78 is 57.6. The van der Waals surface area contributed by atoms with Gasteiger partial charge in [-0.3, -0.25) is 4.79 Å². The van der Waals surface area contributed by atoms with Crippen LogP contribution in [0.2, 0.25) is 0 Å². The first kappa shape index (κ1) is 19.4. The number of nitrogens with zero attached hydrogens (tertiary/aromatic N) is 1. The number of carbonyl (C=O) groups excluding carboxylic acids is 1. The molecule has 0 atom stereocenters. The van der Waals surface area contributed by atoms with Crippen molar-refractivity contribution in [2.75, 3.05) is 13.1 Å². The Labute approximate surface area is 156 Å². The van der Waals surface area contributed by atoms with Gasteiger partial charge < -0.3 is 4.74 Å². The van der Waals surface area contributed by atoms with Crippen LogP contribution in [-0.2, 0) is 26.2 Å². The molecule has 1 heterocycles. The molecular weight excluding hydrogens is 376 g/mol. The van der Waals surface area contributed by atoms with E-state index in [-0.39, 0.29) is 36.3 Å². The van der Waals surface area contributed by atoms with Gasteiger partial charge in [-0.15, -0.1) is 0 Å². The minimum Gasteiger partial charge on any atom is -0.461 e. The van der Waals surface area contributed by atoms with E-state index >= 15 is 0 Å². The van der Waals surface area contributed by atoms with Gasteiger partial charge in [0.2, 0.25) is 10.0 Å². The van der Waals surface area contributed by atoms with Crippen molar-refractivity contribution in [3.05, 3.63) is 65.7 Å². The van der Waals surface area contributed by atoms with Gasteiger partial charge in [0.15, 0.2) is 0 Å². The molecule has 1 saturated heterocycles. The highest BCUT2D eigenvalue weighted by Crippen LogP contribution is 2.25. The van der Waals surface area contributed by atoms with Crippen molar-refractivity contribution in [3.8, 4) is 0 Å². The summed E-state index contributed by atoms with van der Waals surface area (Å²) >= 11 is 0. The second-order valence-corrected chi connectivity index (χ2v) is 8.30.